The van der Waals surface area contributed by atoms with Crippen molar-refractivity contribution in [2.45, 2.75) is 0 Å². The summed E-state index contributed by atoms with van der Waals surface area (Å²) in [5.74, 6) is 0.260. The van der Waals surface area contributed by atoms with Crippen LogP contribution in [0.25, 0.3) is 34.2 Å². The lowest BCUT2D eigenvalue weighted by atomic mass is 10.0. The van der Waals surface area contributed by atoms with E-state index in [4.69, 9.17) is 0 Å². The Hall–Kier alpha value is -3.39. The third kappa shape index (κ3) is 3.43. The second kappa shape index (κ2) is 6.62. The number of benzene rings is 3. The molecule has 4 aromatic rings. The molecule has 0 atom stereocenters. The smallest absolute Gasteiger partial charge is 0.116 e. The molecule has 0 aliphatic rings. The first-order valence-corrected chi connectivity index (χ1v) is 8.21. The first kappa shape index (κ1) is 15.2. The topological polar surface area (TPSA) is 33.1 Å². The Bertz CT molecular complexity index is 1030. The van der Waals surface area contributed by atoms with Crippen LogP contribution in [-0.4, -0.2) is 10.1 Å². The van der Waals surface area contributed by atoms with Crippen molar-refractivity contribution < 1.29 is 5.11 Å². The molecule has 1 aromatic heterocycles. The van der Waals surface area contributed by atoms with Crippen LogP contribution in [0.15, 0.2) is 84.9 Å². The highest BCUT2D eigenvalue weighted by atomic mass is 16.3. The Morgan fingerprint density at radius 1 is 0.680 bits per heavy atom. The first-order chi connectivity index (χ1) is 12.3. The van der Waals surface area contributed by atoms with E-state index in [1.54, 1.807) is 12.1 Å². The fourth-order valence-corrected chi connectivity index (χ4v) is 2.82. The highest BCUT2D eigenvalue weighted by molar-refractivity contribution is 5.82. The summed E-state index contributed by atoms with van der Waals surface area (Å²) in [5.41, 5.74) is 5.33. The van der Waals surface area contributed by atoms with Crippen molar-refractivity contribution in [1.82, 2.24) is 4.98 Å². The van der Waals surface area contributed by atoms with Crippen LogP contribution >= 0.6 is 0 Å². The molecule has 0 radical (unpaired) electrons. The Morgan fingerprint density at radius 2 is 1.44 bits per heavy atom. The van der Waals surface area contributed by atoms with Crippen molar-refractivity contribution in [3.8, 4) is 16.9 Å². The van der Waals surface area contributed by atoms with E-state index in [0.717, 1.165) is 22.2 Å². The zero-order valence-corrected chi connectivity index (χ0v) is 13.6. The highest BCUT2D eigenvalue weighted by Crippen LogP contribution is 2.21. The zero-order chi connectivity index (χ0) is 17.1. The minimum atomic E-state index is 0.260. The van der Waals surface area contributed by atoms with Gasteiger partial charge in [-0.15, -0.1) is 0 Å². The number of nitrogens with zero attached hydrogens (tertiary/aromatic N) is 1. The molecule has 0 unspecified atom stereocenters. The number of phenolic OH excluding ortho intramolecular Hbond substituents is 1. The molecule has 1 N–H and O–H groups in total. The van der Waals surface area contributed by atoms with E-state index in [0.29, 0.717) is 0 Å². The Kier molecular flexibility index (Phi) is 4.01. The largest absolute Gasteiger partial charge is 0.508 e. The van der Waals surface area contributed by atoms with Crippen LogP contribution in [0.4, 0.5) is 0 Å². The van der Waals surface area contributed by atoms with Crippen molar-refractivity contribution in [3.63, 3.8) is 0 Å². The predicted octanol–water partition coefficient (Wildman–Crippen LogP) is 5.78. The van der Waals surface area contributed by atoms with Gasteiger partial charge in [0, 0.05) is 5.39 Å². The molecule has 0 saturated carbocycles. The lowest BCUT2D eigenvalue weighted by Crippen LogP contribution is -1.83. The fourth-order valence-electron chi connectivity index (χ4n) is 2.82. The van der Waals surface area contributed by atoms with Crippen LogP contribution in [0.2, 0.25) is 0 Å². The summed E-state index contributed by atoms with van der Waals surface area (Å²) in [7, 11) is 0. The minimum absolute atomic E-state index is 0.260. The molecule has 120 valence electrons. The van der Waals surface area contributed by atoms with Gasteiger partial charge < -0.3 is 5.11 Å². The molecule has 0 spiro atoms. The van der Waals surface area contributed by atoms with Gasteiger partial charge in [-0.2, -0.15) is 0 Å². The van der Waals surface area contributed by atoms with E-state index in [1.807, 2.05) is 42.5 Å². The average Bonchev–Trinajstić information content (AvgIpc) is 2.67. The summed E-state index contributed by atoms with van der Waals surface area (Å²) in [6.45, 7) is 0. The molecule has 3 aromatic carbocycles. The normalized spacial score (nSPS) is 11.2. The van der Waals surface area contributed by atoms with Crippen LogP contribution in [0.1, 0.15) is 11.3 Å². The number of fused-ring (bicyclic) bond motifs is 1. The lowest BCUT2D eigenvalue weighted by molar-refractivity contribution is 0.476. The molecule has 2 heteroatoms. The fraction of sp³-hybridized carbons (Fsp3) is 0. The summed E-state index contributed by atoms with van der Waals surface area (Å²) in [4.78, 5) is 4.60. The van der Waals surface area contributed by atoms with Crippen molar-refractivity contribution in [2.75, 3.05) is 0 Å². The monoisotopic (exact) mass is 323 g/mol. The summed E-state index contributed by atoms with van der Waals surface area (Å²) in [5, 5.41) is 10.4. The zero-order valence-electron chi connectivity index (χ0n) is 13.6. The average molecular weight is 323 g/mol. The lowest BCUT2D eigenvalue weighted by Gasteiger charge is -2.02. The highest BCUT2D eigenvalue weighted by Gasteiger charge is 1.98. The molecule has 25 heavy (non-hydrogen) atoms. The third-order valence-corrected chi connectivity index (χ3v) is 4.16. The summed E-state index contributed by atoms with van der Waals surface area (Å²) in [6, 6.07) is 28.0. The van der Waals surface area contributed by atoms with Crippen LogP contribution in [0.3, 0.4) is 0 Å². The van der Waals surface area contributed by atoms with Gasteiger partial charge in [-0.05, 0) is 47.0 Å². The molecule has 0 saturated heterocycles. The summed E-state index contributed by atoms with van der Waals surface area (Å²) in [6.07, 6.45) is 4.06. The van der Waals surface area contributed by atoms with Gasteiger partial charge in [-0.25, -0.2) is 4.98 Å². The van der Waals surface area contributed by atoms with Gasteiger partial charge in [0.2, 0.25) is 0 Å². The molecule has 0 aliphatic carbocycles. The van der Waals surface area contributed by atoms with Gasteiger partial charge in [0.15, 0.2) is 0 Å². The van der Waals surface area contributed by atoms with Crippen molar-refractivity contribution >= 4 is 23.1 Å². The Balaban J connectivity index is 1.56. The molecular formula is C23H17NO. The Labute approximate surface area is 146 Å². The van der Waals surface area contributed by atoms with E-state index in [-0.39, 0.29) is 5.75 Å². The number of phenols is 1. The van der Waals surface area contributed by atoms with Gasteiger partial charge in [0.05, 0.1) is 11.2 Å². The molecular weight excluding hydrogens is 306 g/mol. The van der Waals surface area contributed by atoms with Crippen molar-refractivity contribution in [2.24, 2.45) is 0 Å². The minimum Gasteiger partial charge on any atom is -0.508 e. The number of hydrogen-bond acceptors (Lipinski definition) is 2. The number of pyridine rings is 1. The maximum absolute atomic E-state index is 9.51. The SMILES string of the molecule is Oc1ccc2nc(C=Cc3ccc(-c4ccccc4)cc3)ccc2c1. The van der Waals surface area contributed by atoms with Gasteiger partial charge >= 0.3 is 0 Å². The maximum Gasteiger partial charge on any atom is 0.116 e. The standard InChI is InChI=1S/C23H17NO/c25-22-14-15-23-20(16-22)11-13-21(24-23)12-8-17-6-9-19(10-7-17)18-4-2-1-3-5-18/h1-16,25H. The van der Waals surface area contributed by atoms with E-state index >= 15 is 0 Å². The molecule has 0 bridgehead atoms. The van der Waals surface area contributed by atoms with Crippen LogP contribution in [-0.2, 0) is 0 Å². The first-order valence-electron chi connectivity index (χ1n) is 8.21. The van der Waals surface area contributed by atoms with E-state index < -0.39 is 0 Å². The number of aromatic hydroxyl groups is 1. The van der Waals surface area contributed by atoms with Gasteiger partial charge in [0.25, 0.3) is 0 Å². The molecule has 0 aliphatic heterocycles. The van der Waals surface area contributed by atoms with Crippen molar-refractivity contribution in [3.05, 3.63) is 96.2 Å². The quantitative estimate of drug-likeness (QED) is 0.518. The molecule has 4 rings (SSSR count). The van der Waals surface area contributed by atoms with Gasteiger partial charge in [-0.1, -0.05) is 66.7 Å². The number of aromatic nitrogens is 1. The third-order valence-electron chi connectivity index (χ3n) is 4.16. The molecule has 1 heterocycles. The Morgan fingerprint density at radius 3 is 2.24 bits per heavy atom. The van der Waals surface area contributed by atoms with Crippen LogP contribution in [0, 0.1) is 0 Å². The van der Waals surface area contributed by atoms with Crippen LogP contribution < -0.4 is 0 Å². The second-order valence-electron chi connectivity index (χ2n) is 5.93. The molecule has 0 fully saturated rings. The summed E-state index contributed by atoms with van der Waals surface area (Å²) < 4.78 is 0. The van der Waals surface area contributed by atoms with E-state index in [9.17, 15) is 5.11 Å². The van der Waals surface area contributed by atoms with E-state index in [2.05, 4.69) is 47.5 Å². The number of rotatable bonds is 3. The number of hydrogen-bond donors (Lipinski definition) is 1. The van der Waals surface area contributed by atoms with Gasteiger partial charge in [0.1, 0.15) is 5.75 Å². The van der Waals surface area contributed by atoms with Crippen LogP contribution in [0.5, 0.6) is 5.75 Å². The summed E-state index contributed by atoms with van der Waals surface area (Å²) >= 11 is 0. The van der Waals surface area contributed by atoms with Gasteiger partial charge in [-0.3, -0.25) is 0 Å². The molecule has 2 nitrogen and oxygen atoms in total. The van der Waals surface area contributed by atoms with E-state index in [1.165, 1.54) is 11.1 Å². The maximum atomic E-state index is 9.51. The van der Waals surface area contributed by atoms with Crippen molar-refractivity contribution in [1.29, 1.82) is 0 Å². The second-order valence-corrected chi connectivity index (χ2v) is 5.93. The molecule has 0 amide bonds. The predicted molar refractivity (Wildman–Crippen MR) is 104 cm³/mol.